The molecule has 0 spiro atoms. The van der Waals surface area contributed by atoms with Crippen molar-refractivity contribution in [3.63, 3.8) is 0 Å². The van der Waals surface area contributed by atoms with Crippen LogP contribution in [0.1, 0.15) is 42.6 Å². The summed E-state index contributed by atoms with van der Waals surface area (Å²) in [6.45, 7) is 4.97. The van der Waals surface area contributed by atoms with Crippen molar-refractivity contribution in [3.05, 3.63) is 29.3 Å². The molecule has 1 N–H and O–H groups in total. The molecule has 0 unspecified atom stereocenters. The number of carbonyl (C=O) groups is 1. The van der Waals surface area contributed by atoms with E-state index in [0.717, 1.165) is 24.2 Å². The third kappa shape index (κ3) is 1.90. The highest BCUT2D eigenvalue weighted by Crippen LogP contribution is 2.38. The Morgan fingerprint density at radius 3 is 2.88 bits per heavy atom. The lowest BCUT2D eigenvalue weighted by Gasteiger charge is -2.24. The van der Waals surface area contributed by atoms with E-state index < -0.39 is 5.97 Å². The Morgan fingerprint density at radius 1 is 1.44 bits per heavy atom. The zero-order valence-corrected chi connectivity index (χ0v) is 9.62. The molecule has 3 heteroatoms. The van der Waals surface area contributed by atoms with E-state index in [0.29, 0.717) is 12.2 Å². The van der Waals surface area contributed by atoms with E-state index in [9.17, 15) is 4.79 Å². The summed E-state index contributed by atoms with van der Waals surface area (Å²) in [6.07, 6.45) is 2.02. The third-order valence-corrected chi connectivity index (χ3v) is 3.16. The third-order valence-electron chi connectivity index (χ3n) is 3.16. The summed E-state index contributed by atoms with van der Waals surface area (Å²) in [5.41, 5.74) is 1.32. The van der Waals surface area contributed by atoms with Gasteiger partial charge in [0, 0.05) is 5.56 Å². The molecule has 0 radical (unpaired) electrons. The first-order chi connectivity index (χ1) is 7.50. The van der Waals surface area contributed by atoms with Crippen LogP contribution in [0, 0.1) is 0 Å². The fraction of sp³-hybridized carbons (Fsp3) is 0.462. The molecule has 1 heterocycles. The Bertz CT molecular complexity index is 421. The smallest absolute Gasteiger partial charge is 0.335 e. The largest absolute Gasteiger partial charge is 0.493 e. The van der Waals surface area contributed by atoms with Gasteiger partial charge < -0.3 is 9.84 Å². The molecule has 3 nitrogen and oxygen atoms in total. The minimum atomic E-state index is -0.886. The summed E-state index contributed by atoms with van der Waals surface area (Å²) >= 11 is 0. The number of fused-ring (bicyclic) bond motifs is 1. The summed E-state index contributed by atoms with van der Waals surface area (Å²) in [5.74, 6) is -0.0599. The van der Waals surface area contributed by atoms with E-state index in [1.54, 1.807) is 18.2 Å². The second-order valence-corrected chi connectivity index (χ2v) is 4.85. The maximum atomic E-state index is 10.9. The monoisotopic (exact) mass is 220 g/mol. The van der Waals surface area contributed by atoms with Crippen LogP contribution in [0.4, 0.5) is 0 Å². The molecule has 1 aliphatic rings. The first-order valence-electron chi connectivity index (χ1n) is 5.51. The average molecular weight is 220 g/mol. The van der Waals surface area contributed by atoms with Gasteiger partial charge in [-0.05, 0) is 36.5 Å². The molecule has 0 saturated carbocycles. The van der Waals surface area contributed by atoms with Crippen LogP contribution in [0.15, 0.2) is 18.2 Å². The van der Waals surface area contributed by atoms with Gasteiger partial charge in [-0.2, -0.15) is 0 Å². The van der Waals surface area contributed by atoms with E-state index in [4.69, 9.17) is 9.84 Å². The van der Waals surface area contributed by atoms with Crippen LogP contribution in [0.5, 0.6) is 5.75 Å². The van der Waals surface area contributed by atoms with Crippen molar-refractivity contribution in [1.29, 1.82) is 0 Å². The van der Waals surface area contributed by atoms with Gasteiger partial charge in [0.05, 0.1) is 12.2 Å². The van der Waals surface area contributed by atoms with Gasteiger partial charge in [0.25, 0.3) is 0 Å². The molecule has 1 aliphatic heterocycles. The molecule has 0 bridgehead atoms. The maximum absolute atomic E-state index is 10.9. The van der Waals surface area contributed by atoms with Crippen LogP contribution in [-0.4, -0.2) is 17.7 Å². The summed E-state index contributed by atoms with van der Waals surface area (Å²) in [4.78, 5) is 10.9. The van der Waals surface area contributed by atoms with Gasteiger partial charge in [-0.15, -0.1) is 0 Å². The number of rotatable bonds is 1. The van der Waals surface area contributed by atoms with Crippen molar-refractivity contribution >= 4 is 5.97 Å². The molecule has 0 atom stereocenters. The number of aromatic carboxylic acids is 1. The Kier molecular flexibility index (Phi) is 2.62. The minimum absolute atomic E-state index is 0.0166. The number of carboxylic acids is 1. The summed E-state index contributed by atoms with van der Waals surface area (Å²) < 4.78 is 5.63. The molecule has 0 saturated heterocycles. The zero-order valence-electron chi connectivity index (χ0n) is 9.62. The van der Waals surface area contributed by atoms with Crippen LogP contribution in [-0.2, 0) is 5.41 Å². The predicted octanol–water partition coefficient (Wildman–Crippen LogP) is 2.84. The van der Waals surface area contributed by atoms with E-state index in [1.807, 2.05) is 0 Å². The first-order valence-corrected chi connectivity index (χ1v) is 5.51. The van der Waals surface area contributed by atoms with Crippen molar-refractivity contribution in [3.8, 4) is 5.75 Å². The first kappa shape index (κ1) is 11.0. The van der Waals surface area contributed by atoms with Gasteiger partial charge in [-0.25, -0.2) is 4.79 Å². The van der Waals surface area contributed by atoms with Crippen molar-refractivity contribution in [2.45, 2.75) is 32.1 Å². The lowest BCUT2D eigenvalue weighted by Crippen LogP contribution is -2.16. The summed E-state index contributed by atoms with van der Waals surface area (Å²) in [5, 5.41) is 8.99. The van der Waals surface area contributed by atoms with E-state index in [-0.39, 0.29) is 5.41 Å². The highest BCUT2D eigenvalue weighted by Gasteiger charge is 2.27. The van der Waals surface area contributed by atoms with Crippen molar-refractivity contribution in [2.75, 3.05) is 6.61 Å². The highest BCUT2D eigenvalue weighted by atomic mass is 16.5. The standard InChI is InChI=1S/C13H16O3/c1-13(2)6-3-7-16-11-5-4-9(12(14)15)8-10(11)13/h4-5,8H,3,6-7H2,1-2H3,(H,14,15). The van der Waals surface area contributed by atoms with E-state index in [2.05, 4.69) is 13.8 Å². The average Bonchev–Trinajstić information content (AvgIpc) is 2.37. The number of carboxylic acid groups (broad SMARTS) is 1. The lowest BCUT2D eigenvalue weighted by molar-refractivity contribution is 0.0696. The molecule has 0 aromatic heterocycles. The fourth-order valence-corrected chi connectivity index (χ4v) is 2.15. The Morgan fingerprint density at radius 2 is 2.19 bits per heavy atom. The van der Waals surface area contributed by atoms with E-state index in [1.165, 1.54) is 0 Å². The highest BCUT2D eigenvalue weighted by molar-refractivity contribution is 5.88. The van der Waals surface area contributed by atoms with Crippen molar-refractivity contribution in [2.24, 2.45) is 0 Å². The maximum Gasteiger partial charge on any atom is 0.335 e. The molecule has 1 aromatic rings. The Balaban J connectivity index is 2.53. The molecule has 2 rings (SSSR count). The lowest BCUT2D eigenvalue weighted by atomic mass is 9.80. The van der Waals surface area contributed by atoms with Gasteiger partial charge in [-0.3, -0.25) is 0 Å². The molecule has 86 valence electrons. The molecule has 0 aliphatic carbocycles. The van der Waals surface area contributed by atoms with Gasteiger partial charge >= 0.3 is 5.97 Å². The Hall–Kier alpha value is -1.51. The van der Waals surface area contributed by atoms with Crippen LogP contribution in [0.2, 0.25) is 0 Å². The number of ether oxygens (including phenoxy) is 1. The predicted molar refractivity (Wildman–Crippen MR) is 61.2 cm³/mol. The van der Waals surface area contributed by atoms with Crippen LogP contribution >= 0.6 is 0 Å². The minimum Gasteiger partial charge on any atom is -0.493 e. The second kappa shape index (κ2) is 3.81. The van der Waals surface area contributed by atoms with Crippen molar-refractivity contribution in [1.82, 2.24) is 0 Å². The van der Waals surface area contributed by atoms with Crippen molar-refractivity contribution < 1.29 is 14.6 Å². The summed E-state index contributed by atoms with van der Waals surface area (Å²) in [7, 11) is 0. The quantitative estimate of drug-likeness (QED) is 0.791. The molecular formula is C13H16O3. The molecule has 16 heavy (non-hydrogen) atoms. The molecule has 0 fully saturated rings. The SMILES string of the molecule is CC1(C)CCCOc2ccc(C(=O)O)cc21. The molecule has 0 amide bonds. The van der Waals surface area contributed by atoms with Crippen LogP contribution in [0.3, 0.4) is 0 Å². The van der Waals surface area contributed by atoms with Gasteiger partial charge in [-0.1, -0.05) is 13.8 Å². The topological polar surface area (TPSA) is 46.5 Å². The number of benzene rings is 1. The zero-order chi connectivity index (χ0) is 11.8. The molecular weight excluding hydrogens is 204 g/mol. The van der Waals surface area contributed by atoms with Gasteiger partial charge in [0.1, 0.15) is 5.75 Å². The van der Waals surface area contributed by atoms with Crippen LogP contribution < -0.4 is 4.74 Å². The number of hydrogen-bond acceptors (Lipinski definition) is 2. The van der Waals surface area contributed by atoms with Gasteiger partial charge in [0.15, 0.2) is 0 Å². The van der Waals surface area contributed by atoms with Gasteiger partial charge in [0.2, 0.25) is 0 Å². The summed E-state index contributed by atoms with van der Waals surface area (Å²) in [6, 6.07) is 5.11. The Labute approximate surface area is 95.0 Å². The number of hydrogen-bond donors (Lipinski definition) is 1. The normalized spacial score (nSPS) is 18.1. The van der Waals surface area contributed by atoms with Crippen LogP contribution in [0.25, 0.3) is 0 Å². The fourth-order valence-electron chi connectivity index (χ4n) is 2.15. The molecule has 1 aromatic carbocycles. The van der Waals surface area contributed by atoms with E-state index >= 15 is 0 Å². The second-order valence-electron chi connectivity index (χ2n) is 4.85.